The predicted octanol–water partition coefficient (Wildman–Crippen LogP) is 4.22. The van der Waals surface area contributed by atoms with Crippen LogP contribution in [0.3, 0.4) is 0 Å². The van der Waals surface area contributed by atoms with Crippen LogP contribution in [0.25, 0.3) is 11.0 Å². The lowest BCUT2D eigenvalue weighted by atomic mass is 10.1. The average molecular weight is 262 g/mol. The van der Waals surface area contributed by atoms with Crippen LogP contribution in [-0.2, 0) is 18.7 Å². The fourth-order valence-electron chi connectivity index (χ4n) is 2.34. The Kier molecular flexibility index (Phi) is 4.70. The van der Waals surface area contributed by atoms with E-state index in [1.54, 1.807) is 0 Å². The Morgan fingerprint density at radius 2 is 2.06 bits per heavy atom. The summed E-state index contributed by atoms with van der Waals surface area (Å²) in [6.45, 7) is 5.48. The molecule has 0 aliphatic rings. The number of rotatable bonds is 6. The highest BCUT2D eigenvalue weighted by Crippen LogP contribution is 2.20. The molecule has 0 bridgehead atoms. The average Bonchev–Trinajstić information content (AvgIpc) is 2.76. The minimum Gasteiger partial charge on any atom is -0.327 e. The smallest absolute Gasteiger partial charge is 0.119 e. The van der Waals surface area contributed by atoms with Crippen molar-refractivity contribution in [2.75, 3.05) is 0 Å². The van der Waals surface area contributed by atoms with E-state index in [9.17, 15) is 0 Å². The van der Waals surface area contributed by atoms with Crippen LogP contribution in [0.5, 0.6) is 0 Å². The monoisotopic (exact) mass is 262 g/mol. The second-order valence-electron chi connectivity index (χ2n) is 4.72. The van der Waals surface area contributed by atoms with Gasteiger partial charge in [-0.25, -0.2) is 4.98 Å². The molecular weight excluding hydrogens is 240 g/mol. The summed E-state index contributed by atoms with van der Waals surface area (Å²) in [6, 6.07) is 6.63. The second kappa shape index (κ2) is 6.28. The Morgan fingerprint density at radius 3 is 2.72 bits per heavy atom. The van der Waals surface area contributed by atoms with Crippen molar-refractivity contribution in [1.82, 2.24) is 9.55 Å². The molecule has 0 unspecified atom stereocenters. The zero-order chi connectivity index (χ0) is 13.0. The fraction of sp³-hybridized carbons (Fsp3) is 0.533. The van der Waals surface area contributed by atoms with E-state index in [4.69, 9.17) is 4.98 Å². The number of aromatic nitrogens is 2. The molecule has 0 spiro atoms. The minimum atomic E-state index is 0.711. The van der Waals surface area contributed by atoms with Crippen molar-refractivity contribution in [3.63, 3.8) is 0 Å². The van der Waals surface area contributed by atoms with Gasteiger partial charge in [0.25, 0.3) is 0 Å². The van der Waals surface area contributed by atoms with E-state index in [-0.39, 0.29) is 0 Å². The lowest BCUT2D eigenvalue weighted by Gasteiger charge is -2.07. The summed E-state index contributed by atoms with van der Waals surface area (Å²) < 4.78 is 2.33. The molecule has 0 radical (unpaired) electrons. The SMILES string of the molecule is CCCCCn1c(CS)nc2cc(CC)ccc21. The van der Waals surface area contributed by atoms with Crippen molar-refractivity contribution in [2.45, 2.75) is 51.8 Å². The maximum Gasteiger partial charge on any atom is 0.119 e. The van der Waals surface area contributed by atoms with Crippen LogP contribution in [-0.4, -0.2) is 9.55 Å². The third-order valence-electron chi connectivity index (χ3n) is 3.43. The summed E-state index contributed by atoms with van der Waals surface area (Å²) in [6.07, 6.45) is 4.81. The normalized spacial score (nSPS) is 11.3. The van der Waals surface area contributed by atoms with Gasteiger partial charge in [-0.1, -0.05) is 32.8 Å². The summed E-state index contributed by atoms with van der Waals surface area (Å²) in [4.78, 5) is 4.71. The van der Waals surface area contributed by atoms with Gasteiger partial charge in [0.1, 0.15) is 5.82 Å². The number of hydrogen-bond acceptors (Lipinski definition) is 2. The van der Waals surface area contributed by atoms with Gasteiger partial charge in [0.15, 0.2) is 0 Å². The van der Waals surface area contributed by atoms with Gasteiger partial charge in [0.2, 0.25) is 0 Å². The number of fused-ring (bicyclic) bond motifs is 1. The zero-order valence-corrected chi connectivity index (χ0v) is 12.2. The first kappa shape index (κ1) is 13.5. The third kappa shape index (κ3) is 2.72. The molecule has 0 amide bonds. The van der Waals surface area contributed by atoms with Gasteiger partial charge < -0.3 is 4.57 Å². The molecule has 98 valence electrons. The molecule has 0 aliphatic carbocycles. The predicted molar refractivity (Wildman–Crippen MR) is 81.3 cm³/mol. The molecule has 0 saturated carbocycles. The van der Waals surface area contributed by atoms with Crippen LogP contribution in [0.4, 0.5) is 0 Å². The van der Waals surface area contributed by atoms with Gasteiger partial charge in [-0.15, -0.1) is 0 Å². The summed E-state index contributed by atoms with van der Waals surface area (Å²) in [7, 11) is 0. The summed E-state index contributed by atoms with van der Waals surface area (Å²) in [5.41, 5.74) is 3.73. The molecule has 1 aromatic carbocycles. The van der Waals surface area contributed by atoms with Crippen LogP contribution < -0.4 is 0 Å². The van der Waals surface area contributed by atoms with E-state index in [0.717, 1.165) is 24.3 Å². The van der Waals surface area contributed by atoms with Crippen molar-refractivity contribution in [3.8, 4) is 0 Å². The molecule has 0 fully saturated rings. The first-order valence-corrected chi connectivity index (χ1v) is 7.52. The molecule has 0 saturated heterocycles. The molecule has 0 atom stereocenters. The highest BCUT2D eigenvalue weighted by molar-refractivity contribution is 7.79. The van der Waals surface area contributed by atoms with E-state index >= 15 is 0 Å². The molecule has 0 N–H and O–H groups in total. The van der Waals surface area contributed by atoms with E-state index in [1.807, 2.05) is 0 Å². The Balaban J connectivity index is 2.36. The van der Waals surface area contributed by atoms with Crippen molar-refractivity contribution < 1.29 is 0 Å². The molecule has 0 aliphatic heterocycles. The van der Waals surface area contributed by atoms with Gasteiger partial charge in [0, 0.05) is 12.3 Å². The number of thiol groups is 1. The molecule has 2 nitrogen and oxygen atoms in total. The summed E-state index contributed by atoms with van der Waals surface area (Å²) in [5.74, 6) is 1.81. The molecule has 2 aromatic rings. The molecule has 18 heavy (non-hydrogen) atoms. The minimum absolute atomic E-state index is 0.711. The Morgan fingerprint density at radius 1 is 1.22 bits per heavy atom. The van der Waals surface area contributed by atoms with E-state index in [2.05, 4.69) is 49.2 Å². The van der Waals surface area contributed by atoms with Crippen LogP contribution in [0.1, 0.15) is 44.5 Å². The first-order chi connectivity index (χ1) is 8.80. The lowest BCUT2D eigenvalue weighted by molar-refractivity contribution is 0.600. The van der Waals surface area contributed by atoms with Crippen molar-refractivity contribution in [1.29, 1.82) is 0 Å². The first-order valence-electron chi connectivity index (χ1n) is 6.89. The number of hydrogen-bond donors (Lipinski definition) is 1. The third-order valence-corrected chi connectivity index (χ3v) is 3.71. The van der Waals surface area contributed by atoms with E-state index in [0.29, 0.717) is 5.75 Å². The number of benzene rings is 1. The van der Waals surface area contributed by atoms with Crippen molar-refractivity contribution in [2.24, 2.45) is 0 Å². The lowest BCUT2D eigenvalue weighted by Crippen LogP contribution is -2.02. The maximum absolute atomic E-state index is 4.71. The van der Waals surface area contributed by atoms with Crippen LogP contribution in [0.2, 0.25) is 0 Å². The standard InChI is InChI=1S/C15H22N2S/c1-3-5-6-9-17-14-8-7-12(4-2)10-13(14)16-15(17)11-18/h7-8,10,18H,3-6,9,11H2,1-2H3. The van der Waals surface area contributed by atoms with Gasteiger partial charge in [0.05, 0.1) is 11.0 Å². The van der Waals surface area contributed by atoms with E-state index < -0.39 is 0 Å². The summed E-state index contributed by atoms with van der Waals surface area (Å²) >= 11 is 4.40. The Hall–Kier alpha value is -0.960. The summed E-state index contributed by atoms with van der Waals surface area (Å²) in [5, 5.41) is 0. The maximum atomic E-state index is 4.71. The van der Waals surface area contributed by atoms with Crippen LogP contribution in [0, 0.1) is 0 Å². The second-order valence-corrected chi connectivity index (χ2v) is 5.04. The highest BCUT2D eigenvalue weighted by atomic mass is 32.1. The fourth-order valence-corrected chi connectivity index (χ4v) is 2.58. The zero-order valence-electron chi connectivity index (χ0n) is 11.3. The topological polar surface area (TPSA) is 17.8 Å². The van der Waals surface area contributed by atoms with Crippen LogP contribution in [0.15, 0.2) is 18.2 Å². The molecule has 1 aromatic heterocycles. The molecule has 1 heterocycles. The highest BCUT2D eigenvalue weighted by Gasteiger charge is 2.09. The quantitative estimate of drug-likeness (QED) is 0.609. The molecular formula is C15H22N2S. The Labute approximate surface area is 115 Å². The largest absolute Gasteiger partial charge is 0.327 e. The van der Waals surface area contributed by atoms with Crippen LogP contribution >= 0.6 is 12.6 Å². The van der Waals surface area contributed by atoms with Gasteiger partial charge >= 0.3 is 0 Å². The van der Waals surface area contributed by atoms with Gasteiger partial charge in [-0.2, -0.15) is 12.6 Å². The number of unbranched alkanes of at least 4 members (excludes halogenated alkanes) is 2. The van der Waals surface area contributed by atoms with Crippen molar-refractivity contribution in [3.05, 3.63) is 29.6 Å². The molecule has 2 rings (SSSR count). The van der Waals surface area contributed by atoms with Gasteiger partial charge in [-0.3, -0.25) is 0 Å². The van der Waals surface area contributed by atoms with Crippen molar-refractivity contribution >= 4 is 23.7 Å². The number of imidazole rings is 1. The van der Waals surface area contributed by atoms with Gasteiger partial charge in [-0.05, 0) is 30.5 Å². The van der Waals surface area contributed by atoms with E-state index in [1.165, 1.54) is 30.3 Å². The molecule has 3 heteroatoms. The number of nitrogens with zero attached hydrogens (tertiary/aromatic N) is 2. The number of aryl methyl sites for hydroxylation is 2. The Bertz CT molecular complexity index is 516.